The third-order valence-electron chi connectivity index (χ3n) is 9.39. The van der Waals surface area contributed by atoms with E-state index in [1.165, 1.54) is 33.4 Å². The third kappa shape index (κ3) is 5.04. The van der Waals surface area contributed by atoms with E-state index >= 15 is 0 Å². The fraction of sp³-hybridized carbons (Fsp3) is 0.0455. The second-order valence-electron chi connectivity index (χ2n) is 12.3. The number of fused-ring (bicyclic) bond motifs is 6. The summed E-state index contributed by atoms with van der Waals surface area (Å²) in [5, 5.41) is 0. The molecule has 0 bridgehead atoms. The van der Waals surface area contributed by atoms with Crippen LogP contribution in [0.5, 0.6) is 0 Å². The van der Waals surface area contributed by atoms with Crippen LogP contribution in [0.4, 0.5) is 0 Å². The lowest BCUT2D eigenvalue weighted by molar-refractivity contribution is 0.720. The molecule has 2 aliphatic rings. The van der Waals surface area contributed by atoms with Gasteiger partial charge in [0.15, 0.2) is 17.5 Å². The molecule has 5 aromatic carbocycles. The molecule has 48 heavy (non-hydrogen) atoms. The summed E-state index contributed by atoms with van der Waals surface area (Å²) in [6, 6.07) is 46.7. The Morgan fingerprint density at radius 1 is 0.375 bits per heavy atom. The highest BCUT2D eigenvalue weighted by molar-refractivity contribution is 5.83. The van der Waals surface area contributed by atoms with Crippen molar-refractivity contribution >= 4 is 0 Å². The lowest BCUT2D eigenvalue weighted by atomic mass is 9.69. The summed E-state index contributed by atoms with van der Waals surface area (Å²) in [6.45, 7) is 0. The molecule has 2 unspecified atom stereocenters. The van der Waals surface area contributed by atoms with Gasteiger partial charge in [-0.1, -0.05) is 133 Å². The van der Waals surface area contributed by atoms with Crippen LogP contribution < -0.4 is 0 Å². The van der Waals surface area contributed by atoms with E-state index < -0.39 is 0 Å². The second kappa shape index (κ2) is 11.8. The van der Waals surface area contributed by atoms with E-state index in [2.05, 4.69) is 96.0 Å². The van der Waals surface area contributed by atoms with Crippen molar-refractivity contribution in [2.45, 2.75) is 11.8 Å². The van der Waals surface area contributed by atoms with Crippen molar-refractivity contribution in [3.05, 3.63) is 181 Å². The summed E-state index contributed by atoms with van der Waals surface area (Å²) in [4.78, 5) is 19.2. The molecular weight excluding hydrogens is 585 g/mol. The van der Waals surface area contributed by atoms with Gasteiger partial charge in [-0.25, -0.2) is 15.0 Å². The number of pyridine rings is 1. The fourth-order valence-corrected chi connectivity index (χ4v) is 7.04. The van der Waals surface area contributed by atoms with E-state index in [-0.39, 0.29) is 11.8 Å². The molecule has 2 aromatic heterocycles. The quantitative estimate of drug-likeness (QED) is 0.194. The first-order valence-corrected chi connectivity index (χ1v) is 16.3. The van der Waals surface area contributed by atoms with E-state index in [1.807, 2.05) is 79.1 Å². The van der Waals surface area contributed by atoms with Gasteiger partial charge >= 0.3 is 0 Å². The van der Waals surface area contributed by atoms with Gasteiger partial charge in [0, 0.05) is 40.9 Å². The summed E-state index contributed by atoms with van der Waals surface area (Å²) in [5.74, 6) is 2.50. The number of hydrogen-bond donors (Lipinski definition) is 0. The normalized spacial score (nSPS) is 15.8. The summed E-state index contributed by atoms with van der Waals surface area (Å²) >= 11 is 0. The molecule has 2 aliphatic carbocycles. The summed E-state index contributed by atoms with van der Waals surface area (Å²) in [5.41, 5.74) is 12.8. The zero-order chi connectivity index (χ0) is 31.9. The molecule has 2 atom stereocenters. The minimum absolute atomic E-state index is 0.259. The van der Waals surface area contributed by atoms with E-state index in [9.17, 15) is 0 Å². The Morgan fingerprint density at radius 3 is 1.42 bits per heavy atom. The van der Waals surface area contributed by atoms with Crippen molar-refractivity contribution < 1.29 is 0 Å². The van der Waals surface area contributed by atoms with Crippen LogP contribution >= 0.6 is 0 Å². The molecule has 4 heteroatoms. The number of nitrogens with zero attached hydrogens (tertiary/aromatic N) is 4. The first-order valence-electron chi connectivity index (χ1n) is 16.3. The number of hydrogen-bond acceptors (Lipinski definition) is 4. The molecule has 226 valence electrons. The molecule has 7 aromatic rings. The smallest absolute Gasteiger partial charge is 0.164 e. The van der Waals surface area contributed by atoms with Gasteiger partial charge in [-0.15, -0.1) is 0 Å². The standard InChI is InChI=1S/C44H30N4/c1-3-11-29(12-4-1)42-46-43(30-13-5-2-6-14-30)48-44(47-42)34-16-9-15-31(25-34)32-20-22-38-39-23-21-33(35-17-10-24-45-28-35)27-41(39)37-19-8-7-18-36(37)40(38)26-32/h1-28,36-37H. The van der Waals surface area contributed by atoms with Gasteiger partial charge < -0.3 is 0 Å². The lowest BCUT2D eigenvalue weighted by Gasteiger charge is -2.34. The first kappa shape index (κ1) is 28.0. The Hall–Kier alpha value is -6.26. The van der Waals surface area contributed by atoms with Crippen LogP contribution in [0.1, 0.15) is 23.0 Å². The molecule has 0 N–H and O–H groups in total. The van der Waals surface area contributed by atoms with E-state index in [4.69, 9.17) is 15.0 Å². The topological polar surface area (TPSA) is 51.6 Å². The van der Waals surface area contributed by atoms with Crippen LogP contribution in [0.3, 0.4) is 0 Å². The van der Waals surface area contributed by atoms with Gasteiger partial charge in [0.25, 0.3) is 0 Å². The van der Waals surface area contributed by atoms with Crippen LogP contribution in [0.2, 0.25) is 0 Å². The van der Waals surface area contributed by atoms with Crippen molar-refractivity contribution in [2.24, 2.45) is 0 Å². The molecule has 9 rings (SSSR count). The maximum absolute atomic E-state index is 4.97. The number of aromatic nitrogens is 4. The molecular formula is C44H30N4. The predicted molar refractivity (Wildman–Crippen MR) is 194 cm³/mol. The molecule has 0 radical (unpaired) electrons. The van der Waals surface area contributed by atoms with Gasteiger partial charge in [-0.3, -0.25) is 4.98 Å². The Balaban J connectivity index is 1.13. The van der Waals surface area contributed by atoms with Crippen molar-refractivity contribution in [1.82, 2.24) is 19.9 Å². The predicted octanol–water partition coefficient (Wildman–Crippen LogP) is 10.6. The number of rotatable bonds is 5. The van der Waals surface area contributed by atoms with Gasteiger partial charge in [-0.05, 0) is 68.8 Å². The average Bonchev–Trinajstić information content (AvgIpc) is 3.18. The molecule has 4 nitrogen and oxygen atoms in total. The maximum atomic E-state index is 4.97. The summed E-state index contributed by atoms with van der Waals surface area (Å²) in [6.07, 6.45) is 12.8. The van der Waals surface area contributed by atoms with Gasteiger partial charge in [0.2, 0.25) is 0 Å². The van der Waals surface area contributed by atoms with Gasteiger partial charge in [-0.2, -0.15) is 0 Å². The highest BCUT2D eigenvalue weighted by atomic mass is 15.0. The molecule has 0 aliphatic heterocycles. The number of allylic oxidation sites excluding steroid dienone is 4. The molecule has 0 saturated heterocycles. The first-order chi connectivity index (χ1) is 23.8. The zero-order valence-electron chi connectivity index (χ0n) is 26.1. The Morgan fingerprint density at radius 2 is 0.854 bits per heavy atom. The molecule has 0 spiro atoms. The Kier molecular flexibility index (Phi) is 6.90. The van der Waals surface area contributed by atoms with Crippen LogP contribution in [0.25, 0.3) is 67.5 Å². The van der Waals surface area contributed by atoms with Crippen LogP contribution in [0.15, 0.2) is 170 Å². The minimum atomic E-state index is 0.259. The summed E-state index contributed by atoms with van der Waals surface area (Å²) < 4.78 is 0. The SMILES string of the molecule is C1=CC2c3cc(-c4cccnc4)ccc3-c3ccc(-c4cccc(-c5nc(-c6ccccc6)nc(-c6ccccc6)n5)c4)cc3C2C=C1. The van der Waals surface area contributed by atoms with Crippen LogP contribution in [-0.4, -0.2) is 19.9 Å². The van der Waals surface area contributed by atoms with Crippen molar-refractivity contribution in [3.8, 4) is 67.5 Å². The van der Waals surface area contributed by atoms with Crippen molar-refractivity contribution in [1.29, 1.82) is 0 Å². The van der Waals surface area contributed by atoms with E-state index in [0.29, 0.717) is 17.5 Å². The zero-order valence-corrected chi connectivity index (χ0v) is 26.1. The largest absolute Gasteiger partial charge is 0.264 e. The van der Waals surface area contributed by atoms with E-state index in [1.54, 1.807) is 0 Å². The van der Waals surface area contributed by atoms with E-state index in [0.717, 1.165) is 27.8 Å². The second-order valence-corrected chi connectivity index (χ2v) is 12.3. The summed E-state index contributed by atoms with van der Waals surface area (Å²) in [7, 11) is 0. The van der Waals surface area contributed by atoms with Gasteiger partial charge in [0.05, 0.1) is 0 Å². The fourth-order valence-electron chi connectivity index (χ4n) is 7.04. The Labute approximate surface area is 279 Å². The van der Waals surface area contributed by atoms with Gasteiger partial charge in [0.1, 0.15) is 0 Å². The molecule has 0 saturated carbocycles. The monoisotopic (exact) mass is 614 g/mol. The molecule has 0 fully saturated rings. The number of benzene rings is 5. The average molecular weight is 615 g/mol. The highest BCUT2D eigenvalue weighted by Gasteiger charge is 2.32. The highest BCUT2D eigenvalue weighted by Crippen LogP contribution is 2.51. The van der Waals surface area contributed by atoms with Crippen LogP contribution in [-0.2, 0) is 0 Å². The molecule has 2 heterocycles. The van der Waals surface area contributed by atoms with Crippen LogP contribution in [0, 0.1) is 0 Å². The Bertz CT molecular complexity index is 2290. The lowest BCUT2D eigenvalue weighted by Crippen LogP contribution is -2.16. The maximum Gasteiger partial charge on any atom is 0.164 e. The van der Waals surface area contributed by atoms with Crippen molar-refractivity contribution in [2.75, 3.05) is 0 Å². The van der Waals surface area contributed by atoms with Crippen molar-refractivity contribution in [3.63, 3.8) is 0 Å². The minimum Gasteiger partial charge on any atom is -0.264 e. The third-order valence-corrected chi connectivity index (χ3v) is 9.39. The molecule has 0 amide bonds.